The van der Waals surface area contributed by atoms with Crippen LogP contribution in [-0.4, -0.2) is 58.3 Å². The van der Waals surface area contributed by atoms with Crippen LogP contribution in [0.2, 0.25) is 0 Å². The summed E-state index contributed by atoms with van der Waals surface area (Å²) in [5, 5.41) is 4.78. The number of likely N-dealkylation sites (N-methyl/N-ethyl adjacent to an activating group) is 1. The SMILES string of the molecule is C=C/C(CC)=C(\CN(C)C1CCN(C2CCC2)C1)C(=C)n1nc(CC)cc1C. The maximum atomic E-state index is 4.78. The summed E-state index contributed by atoms with van der Waals surface area (Å²) >= 11 is 0. The molecule has 1 aliphatic carbocycles. The van der Waals surface area contributed by atoms with Gasteiger partial charge in [-0.3, -0.25) is 9.80 Å². The average molecular weight is 383 g/mol. The molecule has 1 unspecified atom stereocenters. The van der Waals surface area contributed by atoms with Crippen LogP contribution >= 0.6 is 0 Å². The van der Waals surface area contributed by atoms with Crippen LogP contribution in [0, 0.1) is 6.92 Å². The van der Waals surface area contributed by atoms with Crippen LogP contribution in [0.25, 0.3) is 5.70 Å². The Morgan fingerprint density at radius 3 is 2.61 bits per heavy atom. The van der Waals surface area contributed by atoms with E-state index in [0.29, 0.717) is 6.04 Å². The van der Waals surface area contributed by atoms with Crippen molar-refractivity contribution in [1.82, 2.24) is 19.6 Å². The number of likely N-dealkylation sites (tertiary alicyclic amines) is 1. The van der Waals surface area contributed by atoms with E-state index in [9.17, 15) is 0 Å². The van der Waals surface area contributed by atoms with E-state index in [4.69, 9.17) is 5.10 Å². The predicted molar refractivity (Wildman–Crippen MR) is 119 cm³/mol. The van der Waals surface area contributed by atoms with Gasteiger partial charge in [0.05, 0.1) is 11.4 Å². The number of allylic oxidation sites excluding steroid dienone is 2. The standard InChI is InChI=1S/C24H38N4/c1-7-20(8-2)24(19(5)28-18(4)15-21(9-3)25-28)17-26(6)23-13-14-27(16-23)22-11-10-12-22/h7,15,22-23H,1,5,8-14,16-17H2,2-4,6H3/b24-20-. The molecule has 0 N–H and O–H groups in total. The largest absolute Gasteiger partial charge is 0.299 e. The molecule has 0 radical (unpaired) electrons. The molecule has 1 saturated heterocycles. The summed E-state index contributed by atoms with van der Waals surface area (Å²) in [6, 6.07) is 3.64. The van der Waals surface area contributed by atoms with Crippen molar-refractivity contribution in [3.63, 3.8) is 0 Å². The molecule has 3 rings (SSSR count). The van der Waals surface area contributed by atoms with Gasteiger partial charge in [0, 0.05) is 37.4 Å². The first-order chi connectivity index (χ1) is 13.5. The van der Waals surface area contributed by atoms with Gasteiger partial charge in [0.25, 0.3) is 0 Å². The summed E-state index contributed by atoms with van der Waals surface area (Å²) in [5.74, 6) is 0. The van der Waals surface area contributed by atoms with Gasteiger partial charge >= 0.3 is 0 Å². The van der Waals surface area contributed by atoms with Crippen LogP contribution in [0.4, 0.5) is 0 Å². The van der Waals surface area contributed by atoms with E-state index in [0.717, 1.165) is 42.5 Å². The van der Waals surface area contributed by atoms with E-state index in [1.165, 1.54) is 49.9 Å². The van der Waals surface area contributed by atoms with Gasteiger partial charge in [0.1, 0.15) is 0 Å². The Hall–Kier alpha value is -1.65. The quantitative estimate of drug-likeness (QED) is 0.580. The molecule has 0 bridgehead atoms. The molecule has 1 saturated carbocycles. The molecule has 0 aromatic carbocycles. The highest BCUT2D eigenvalue weighted by Crippen LogP contribution is 2.30. The summed E-state index contributed by atoms with van der Waals surface area (Å²) in [4.78, 5) is 5.24. The molecular weight excluding hydrogens is 344 g/mol. The number of aromatic nitrogens is 2. The Morgan fingerprint density at radius 2 is 2.07 bits per heavy atom. The van der Waals surface area contributed by atoms with E-state index < -0.39 is 0 Å². The molecule has 28 heavy (non-hydrogen) atoms. The second kappa shape index (κ2) is 9.23. The van der Waals surface area contributed by atoms with Crippen LogP contribution in [0.5, 0.6) is 0 Å². The molecule has 1 aromatic heterocycles. The van der Waals surface area contributed by atoms with Crippen LogP contribution in [0.1, 0.15) is 57.3 Å². The van der Waals surface area contributed by atoms with Crippen molar-refractivity contribution in [2.75, 3.05) is 26.7 Å². The van der Waals surface area contributed by atoms with Gasteiger partial charge in [-0.25, -0.2) is 4.68 Å². The Kier molecular flexibility index (Phi) is 6.95. The van der Waals surface area contributed by atoms with Crippen molar-refractivity contribution >= 4 is 5.70 Å². The van der Waals surface area contributed by atoms with Crippen LogP contribution < -0.4 is 0 Å². The minimum absolute atomic E-state index is 0.622. The Labute approximate surface area is 171 Å². The van der Waals surface area contributed by atoms with Crippen molar-refractivity contribution in [1.29, 1.82) is 0 Å². The van der Waals surface area contributed by atoms with Crippen LogP contribution in [-0.2, 0) is 6.42 Å². The summed E-state index contributed by atoms with van der Waals surface area (Å²) in [7, 11) is 2.27. The normalized spacial score (nSPS) is 21.7. The molecule has 154 valence electrons. The Morgan fingerprint density at radius 1 is 1.32 bits per heavy atom. The molecule has 2 heterocycles. The fraction of sp³-hybridized carbons (Fsp3) is 0.625. The van der Waals surface area contributed by atoms with Gasteiger partial charge in [0.2, 0.25) is 0 Å². The third kappa shape index (κ3) is 4.33. The minimum atomic E-state index is 0.622. The highest BCUT2D eigenvalue weighted by atomic mass is 15.3. The lowest BCUT2D eigenvalue weighted by Gasteiger charge is -2.35. The zero-order valence-corrected chi connectivity index (χ0v) is 18.4. The maximum absolute atomic E-state index is 4.78. The lowest BCUT2D eigenvalue weighted by molar-refractivity contribution is 0.144. The predicted octanol–water partition coefficient (Wildman–Crippen LogP) is 4.68. The molecule has 1 aliphatic heterocycles. The summed E-state index contributed by atoms with van der Waals surface area (Å²) in [6.07, 6.45) is 9.38. The first-order valence-electron chi connectivity index (χ1n) is 11.0. The van der Waals surface area contributed by atoms with Gasteiger partial charge in [-0.05, 0) is 63.3 Å². The Bertz CT molecular complexity index is 738. The zero-order valence-electron chi connectivity index (χ0n) is 18.4. The number of nitrogens with zero attached hydrogens (tertiary/aromatic N) is 4. The fourth-order valence-corrected chi connectivity index (χ4v) is 4.56. The van der Waals surface area contributed by atoms with Crippen molar-refractivity contribution < 1.29 is 0 Å². The van der Waals surface area contributed by atoms with E-state index in [2.05, 4.69) is 56.8 Å². The van der Waals surface area contributed by atoms with Gasteiger partial charge in [-0.15, -0.1) is 0 Å². The molecule has 4 nitrogen and oxygen atoms in total. The van der Waals surface area contributed by atoms with Gasteiger partial charge in [-0.2, -0.15) is 5.10 Å². The highest BCUT2D eigenvalue weighted by Gasteiger charge is 2.33. The highest BCUT2D eigenvalue weighted by molar-refractivity contribution is 5.65. The monoisotopic (exact) mass is 382 g/mol. The number of hydrogen-bond donors (Lipinski definition) is 0. The maximum Gasteiger partial charge on any atom is 0.0629 e. The second-order valence-electron chi connectivity index (χ2n) is 8.49. The zero-order chi connectivity index (χ0) is 20.3. The van der Waals surface area contributed by atoms with Crippen molar-refractivity contribution in [2.24, 2.45) is 0 Å². The minimum Gasteiger partial charge on any atom is -0.299 e. The van der Waals surface area contributed by atoms with Crippen molar-refractivity contribution in [3.05, 3.63) is 47.8 Å². The summed E-state index contributed by atoms with van der Waals surface area (Å²) in [6.45, 7) is 18.3. The van der Waals surface area contributed by atoms with Crippen molar-refractivity contribution in [3.8, 4) is 0 Å². The number of rotatable bonds is 9. The number of aryl methyl sites for hydroxylation is 2. The molecule has 2 fully saturated rings. The third-order valence-corrected chi connectivity index (χ3v) is 6.74. The van der Waals surface area contributed by atoms with Gasteiger partial charge < -0.3 is 0 Å². The fourth-order valence-electron chi connectivity index (χ4n) is 4.56. The molecule has 0 spiro atoms. The average Bonchev–Trinajstić information content (AvgIpc) is 3.26. The second-order valence-corrected chi connectivity index (χ2v) is 8.49. The Balaban J connectivity index is 1.77. The molecule has 0 amide bonds. The van der Waals surface area contributed by atoms with Crippen LogP contribution in [0.15, 0.2) is 36.4 Å². The molecule has 4 heteroatoms. The first-order valence-corrected chi connectivity index (χ1v) is 11.0. The van der Waals surface area contributed by atoms with E-state index in [1.807, 2.05) is 10.8 Å². The molecule has 1 atom stereocenters. The molecular formula is C24H38N4. The van der Waals surface area contributed by atoms with Crippen LogP contribution in [0.3, 0.4) is 0 Å². The lowest BCUT2D eigenvalue weighted by Crippen LogP contribution is -2.42. The third-order valence-electron chi connectivity index (χ3n) is 6.74. The van der Waals surface area contributed by atoms with E-state index in [1.54, 1.807) is 0 Å². The smallest absolute Gasteiger partial charge is 0.0629 e. The first kappa shape index (κ1) is 21.1. The number of hydrogen-bond acceptors (Lipinski definition) is 3. The lowest BCUT2D eigenvalue weighted by atomic mass is 9.92. The molecule has 2 aliphatic rings. The van der Waals surface area contributed by atoms with E-state index >= 15 is 0 Å². The summed E-state index contributed by atoms with van der Waals surface area (Å²) in [5.41, 5.74) is 5.82. The topological polar surface area (TPSA) is 24.3 Å². The molecule has 1 aromatic rings. The van der Waals surface area contributed by atoms with Gasteiger partial charge in [0.15, 0.2) is 0 Å². The van der Waals surface area contributed by atoms with E-state index in [-0.39, 0.29) is 0 Å². The van der Waals surface area contributed by atoms with Crippen molar-refractivity contribution in [2.45, 2.75) is 71.4 Å². The summed E-state index contributed by atoms with van der Waals surface area (Å²) < 4.78 is 2.02. The van der Waals surface area contributed by atoms with Gasteiger partial charge in [-0.1, -0.05) is 39.5 Å².